The van der Waals surface area contributed by atoms with Crippen molar-refractivity contribution < 1.29 is 14.3 Å². The minimum Gasteiger partial charge on any atom is -0.495 e. The zero-order valence-corrected chi connectivity index (χ0v) is 12.6. The second-order valence-electron chi connectivity index (χ2n) is 4.53. The fourth-order valence-corrected chi connectivity index (χ4v) is 1.75. The number of amides is 1. The molecular formula is C15H21N3O3. The Labute approximate surface area is 125 Å². The third-order valence-electron chi connectivity index (χ3n) is 3.00. The van der Waals surface area contributed by atoms with Crippen LogP contribution in [0.15, 0.2) is 18.2 Å². The number of methoxy groups -OCH3 is 2. The van der Waals surface area contributed by atoms with Gasteiger partial charge >= 0.3 is 0 Å². The Morgan fingerprint density at radius 2 is 2.19 bits per heavy atom. The second-order valence-corrected chi connectivity index (χ2v) is 4.53. The molecule has 2 N–H and O–H groups in total. The van der Waals surface area contributed by atoms with Gasteiger partial charge in [0.2, 0.25) is 5.91 Å². The van der Waals surface area contributed by atoms with Crippen LogP contribution in [0.3, 0.4) is 0 Å². The Kier molecular flexibility index (Phi) is 7.23. The largest absolute Gasteiger partial charge is 0.495 e. The Balaban J connectivity index is 2.51. The molecule has 1 aromatic carbocycles. The molecule has 114 valence electrons. The lowest BCUT2D eigenvalue weighted by atomic mass is 10.1. The van der Waals surface area contributed by atoms with Gasteiger partial charge in [-0.05, 0) is 24.6 Å². The summed E-state index contributed by atoms with van der Waals surface area (Å²) in [5.74, 6) is 0.465. The number of hydrogen-bond donors (Lipinski definition) is 2. The maximum atomic E-state index is 11.8. The molecule has 1 aromatic rings. The molecule has 1 amide bonds. The van der Waals surface area contributed by atoms with Gasteiger partial charge in [-0.15, -0.1) is 0 Å². The first-order valence-electron chi connectivity index (χ1n) is 6.69. The predicted molar refractivity (Wildman–Crippen MR) is 78.9 cm³/mol. The number of ether oxygens (including phenoxy) is 2. The number of nitrogens with one attached hydrogen (secondary N) is 2. The van der Waals surface area contributed by atoms with Crippen LogP contribution in [-0.4, -0.2) is 39.3 Å². The molecular weight excluding hydrogens is 270 g/mol. The zero-order valence-electron chi connectivity index (χ0n) is 12.6. The number of nitriles is 1. The predicted octanol–water partition coefficient (Wildman–Crippen LogP) is 0.808. The highest BCUT2D eigenvalue weighted by molar-refractivity contribution is 5.81. The quantitative estimate of drug-likeness (QED) is 0.692. The number of carbonyl (C=O) groups is 1. The molecule has 6 nitrogen and oxygen atoms in total. The maximum Gasteiger partial charge on any atom is 0.236 e. The molecule has 0 aliphatic carbocycles. The summed E-state index contributed by atoms with van der Waals surface area (Å²) in [5, 5.41) is 14.9. The van der Waals surface area contributed by atoms with E-state index in [4.69, 9.17) is 14.7 Å². The van der Waals surface area contributed by atoms with Gasteiger partial charge in [-0.1, -0.05) is 6.07 Å². The highest BCUT2D eigenvalue weighted by Crippen LogP contribution is 2.18. The van der Waals surface area contributed by atoms with E-state index in [1.165, 1.54) is 7.11 Å². The van der Waals surface area contributed by atoms with E-state index in [2.05, 4.69) is 16.7 Å². The molecule has 1 rings (SSSR count). The third kappa shape index (κ3) is 5.42. The van der Waals surface area contributed by atoms with E-state index in [1.54, 1.807) is 26.2 Å². The van der Waals surface area contributed by atoms with Crippen molar-refractivity contribution in [3.8, 4) is 11.8 Å². The number of nitrogens with zero attached hydrogens (tertiary/aromatic N) is 1. The number of carbonyl (C=O) groups excluding carboxylic acids is 1. The summed E-state index contributed by atoms with van der Waals surface area (Å²) in [6, 6.07) is 7.12. The maximum absolute atomic E-state index is 11.8. The highest BCUT2D eigenvalue weighted by Gasteiger charge is 2.12. The lowest BCUT2D eigenvalue weighted by Gasteiger charge is -2.14. The van der Waals surface area contributed by atoms with Crippen LogP contribution in [0, 0.1) is 11.3 Å². The van der Waals surface area contributed by atoms with Gasteiger partial charge in [0.05, 0.1) is 25.3 Å². The molecule has 6 heteroatoms. The van der Waals surface area contributed by atoms with Crippen molar-refractivity contribution in [1.29, 1.82) is 5.26 Å². The van der Waals surface area contributed by atoms with Crippen LogP contribution < -0.4 is 15.4 Å². The summed E-state index contributed by atoms with van der Waals surface area (Å²) in [6.45, 7) is 3.26. The van der Waals surface area contributed by atoms with Gasteiger partial charge in [0.1, 0.15) is 11.8 Å². The summed E-state index contributed by atoms with van der Waals surface area (Å²) in [6.07, 6.45) is 0. The smallest absolute Gasteiger partial charge is 0.236 e. The van der Waals surface area contributed by atoms with Crippen molar-refractivity contribution in [3.05, 3.63) is 29.3 Å². The molecule has 0 saturated carbocycles. The van der Waals surface area contributed by atoms with Gasteiger partial charge in [-0.3, -0.25) is 4.79 Å². The van der Waals surface area contributed by atoms with Gasteiger partial charge in [0.25, 0.3) is 0 Å². The first kappa shape index (κ1) is 17.0. The van der Waals surface area contributed by atoms with E-state index in [0.29, 0.717) is 31.0 Å². The van der Waals surface area contributed by atoms with E-state index < -0.39 is 0 Å². The Morgan fingerprint density at radius 1 is 1.43 bits per heavy atom. The van der Waals surface area contributed by atoms with Crippen molar-refractivity contribution in [2.45, 2.75) is 19.5 Å². The summed E-state index contributed by atoms with van der Waals surface area (Å²) in [7, 11) is 3.12. The Hall–Kier alpha value is -2.10. The van der Waals surface area contributed by atoms with Crippen molar-refractivity contribution in [3.63, 3.8) is 0 Å². The van der Waals surface area contributed by atoms with Crippen LogP contribution >= 0.6 is 0 Å². The average Bonchev–Trinajstić information content (AvgIpc) is 2.52. The monoisotopic (exact) mass is 291 g/mol. The Morgan fingerprint density at radius 3 is 2.81 bits per heavy atom. The third-order valence-corrected chi connectivity index (χ3v) is 3.00. The molecule has 0 heterocycles. The van der Waals surface area contributed by atoms with Gasteiger partial charge in [-0.2, -0.15) is 5.26 Å². The first-order valence-corrected chi connectivity index (χ1v) is 6.69. The molecule has 0 aliphatic heterocycles. The molecule has 0 bridgehead atoms. The topological polar surface area (TPSA) is 83.4 Å². The van der Waals surface area contributed by atoms with Crippen LogP contribution in [-0.2, 0) is 16.1 Å². The lowest BCUT2D eigenvalue weighted by Crippen LogP contribution is -2.42. The van der Waals surface area contributed by atoms with Crippen LogP contribution in [0.25, 0.3) is 0 Å². The molecule has 21 heavy (non-hydrogen) atoms. The first-order chi connectivity index (χ1) is 10.1. The average molecular weight is 291 g/mol. The Bertz CT molecular complexity index is 511. The fraction of sp³-hybridized carbons (Fsp3) is 0.467. The summed E-state index contributed by atoms with van der Waals surface area (Å²) >= 11 is 0. The van der Waals surface area contributed by atoms with Gasteiger partial charge in [-0.25, -0.2) is 0 Å². The molecule has 0 radical (unpaired) electrons. The summed E-state index contributed by atoms with van der Waals surface area (Å²) in [4.78, 5) is 11.8. The van der Waals surface area contributed by atoms with Crippen LogP contribution in [0.2, 0.25) is 0 Å². The van der Waals surface area contributed by atoms with E-state index in [0.717, 1.165) is 5.56 Å². The standard InChI is InChI=1S/C15H21N3O3/c1-11(15(19)17-6-7-20-2)18-10-12-4-5-14(21-3)13(8-12)9-16/h4-5,8,11,18H,6-7,10H2,1-3H3,(H,17,19). The van der Waals surface area contributed by atoms with Crippen LogP contribution in [0.1, 0.15) is 18.1 Å². The fourth-order valence-electron chi connectivity index (χ4n) is 1.75. The van der Waals surface area contributed by atoms with Crippen molar-refractivity contribution in [2.75, 3.05) is 27.4 Å². The molecule has 0 fully saturated rings. The minimum absolute atomic E-state index is 0.0823. The van der Waals surface area contributed by atoms with E-state index in [9.17, 15) is 4.79 Å². The van der Waals surface area contributed by atoms with Gasteiger partial charge in [0.15, 0.2) is 0 Å². The SMILES string of the molecule is COCCNC(=O)C(C)NCc1ccc(OC)c(C#N)c1. The van der Waals surface area contributed by atoms with Crippen molar-refractivity contribution >= 4 is 5.91 Å². The molecule has 1 atom stereocenters. The van der Waals surface area contributed by atoms with E-state index >= 15 is 0 Å². The second kappa shape index (κ2) is 8.95. The van der Waals surface area contributed by atoms with Crippen molar-refractivity contribution in [1.82, 2.24) is 10.6 Å². The molecule has 1 unspecified atom stereocenters. The van der Waals surface area contributed by atoms with Gasteiger partial charge < -0.3 is 20.1 Å². The minimum atomic E-state index is -0.325. The molecule has 0 aliphatic rings. The van der Waals surface area contributed by atoms with Crippen LogP contribution in [0.4, 0.5) is 0 Å². The molecule has 0 saturated heterocycles. The van der Waals surface area contributed by atoms with E-state index in [-0.39, 0.29) is 11.9 Å². The van der Waals surface area contributed by atoms with Gasteiger partial charge in [0, 0.05) is 20.2 Å². The zero-order chi connectivity index (χ0) is 15.7. The van der Waals surface area contributed by atoms with Crippen LogP contribution in [0.5, 0.6) is 5.75 Å². The molecule has 0 spiro atoms. The van der Waals surface area contributed by atoms with Crippen molar-refractivity contribution in [2.24, 2.45) is 0 Å². The normalized spacial score (nSPS) is 11.5. The lowest BCUT2D eigenvalue weighted by molar-refractivity contribution is -0.122. The highest BCUT2D eigenvalue weighted by atomic mass is 16.5. The number of rotatable bonds is 8. The summed E-state index contributed by atoms with van der Waals surface area (Å²) in [5.41, 5.74) is 1.40. The number of hydrogen-bond acceptors (Lipinski definition) is 5. The summed E-state index contributed by atoms with van der Waals surface area (Å²) < 4.78 is 9.96. The van der Waals surface area contributed by atoms with E-state index in [1.807, 2.05) is 6.07 Å². The molecule has 0 aromatic heterocycles. The number of benzene rings is 1.